The zero-order chi connectivity index (χ0) is 43.4. The van der Waals surface area contributed by atoms with Gasteiger partial charge in [-0.15, -0.1) is 0 Å². The Kier molecular flexibility index (Phi) is 10.9. The number of hydrogen-bond donors (Lipinski definition) is 3. The number of Topliss-reactive ketones (excluding diaryl/α,β-unsaturated/α-hetero) is 2. The summed E-state index contributed by atoms with van der Waals surface area (Å²) in [5.41, 5.74) is 6.19. The van der Waals surface area contributed by atoms with Crippen molar-refractivity contribution < 1.29 is 29.3 Å². The highest BCUT2D eigenvalue weighted by atomic mass is 16.6. The van der Waals surface area contributed by atoms with Crippen LogP contribution in [-0.2, 0) is 25.5 Å². The van der Waals surface area contributed by atoms with Crippen LogP contribution < -0.4 is 5.32 Å². The van der Waals surface area contributed by atoms with Crippen LogP contribution in [0.15, 0.2) is 58.4 Å². The molecule has 1 aromatic carbocycles. The van der Waals surface area contributed by atoms with Crippen LogP contribution in [0, 0.1) is 52.3 Å². The van der Waals surface area contributed by atoms with Gasteiger partial charge >= 0.3 is 0 Å². The number of allylic oxidation sites excluding steroid dienone is 1. The summed E-state index contributed by atoms with van der Waals surface area (Å²) in [5, 5.41) is 28.3. The van der Waals surface area contributed by atoms with Crippen LogP contribution >= 0.6 is 0 Å². The number of carbonyl (C=O) groups is 2. The average Bonchev–Trinajstić information content (AvgIpc) is 3.49. The summed E-state index contributed by atoms with van der Waals surface area (Å²) >= 11 is 0. The van der Waals surface area contributed by atoms with E-state index in [1.807, 2.05) is 27.1 Å². The van der Waals surface area contributed by atoms with Crippen molar-refractivity contribution in [1.29, 1.82) is 0 Å². The number of aliphatic imine (C=N–C) groups is 1. The van der Waals surface area contributed by atoms with Gasteiger partial charge in [-0.1, -0.05) is 58.4 Å². The molecular formula is C52H73N3O6. The number of aliphatic hydroxyl groups is 2. The number of nitrogens with zero attached hydrogens (tertiary/aromatic N) is 2. The molecule has 8 aliphatic rings. The fraction of sp³-hybridized carbons (Fsp3) is 0.712. The molecular weight excluding hydrogens is 763 g/mol. The molecule has 0 aromatic heterocycles. The maximum Gasteiger partial charge on any atom is 0.160 e. The highest BCUT2D eigenvalue weighted by molar-refractivity contribution is 6.09. The molecule has 3 saturated carbocycles. The number of rotatable bonds is 12. The molecule has 4 heterocycles. The smallest absolute Gasteiger partial charge is 0.160 e. The second-order valence-electron chi connectivity index (χ2n) is 22.4. The summed E-state index contributed by atoms with van der Waals surface area (Å²) in [5.74, 6) is 0.552. The first-order valence-electron chi connectivity index (χ1n) is 23.8. The van der Waals surface area contributed by atoms with Crippen LogP contribution in [-0.4, -0.2) is 95.7 Å². The fourth-order valence-electron chi connectivity index (χ4n) is 15.1. The number of ketones is 2. The lowest BCUT2D eigenvalue weighted by Gasteiger charge is -2.70. The zero-order valence-corrected chi connectivity index (χ0v) is 38.5. The van der Waals surface area contributed by atoms with E-state index in [2.05, 4.69) is 82.2 Å². The summed E-state index contributed by atoms with van der Waals surface area (Å²) < 4.78 is 11.6. The molecule has 5 fully saturated rings. The molecule has 0 radical (unpaired) electrons. The van der Waals surface area contributed by atoms with E-state index < -0.39 is 23.0 Å². The van der Waals surface area contributed by atoms with Gasteiger partial charge in [-0.25, -0.2) is 0 Å². The van der Waals surface area contributed by atoms with Crippen molar-refractivity contribution in [2.75, 3.05) is 33.4 Å². The molecule has 0 spiro atoms. The van der Waals surface area contributed by atoms with Crippen LogP contribution in [0.4, 0.5) is 0 Å². The molecule has 2 saturated heterocycles. The normalized spacial score (nSPS) is 40.0. The second-order valence-corrected chi connectivity index (χ2v) is 22.4. The number of nitrogens with one attached hydrogen (secondary N) is 1. The molecule has 0 bridgehead atoms. The first kappa shape index (κ1) is 43.3. The van der Waals surface area contributed by atoms with Gasteiger partial charge in [0.15, 0.2) is 5.78 Å². The Morgan fingerprint density at radius 2 is 1.77 bits per heavy atom. The molecule has 61 heavy (non-hydrogen) atoms. The summed E-state index contributed by atoms with van der Waals surface area (Å²) in [7, 11) is 1.96. The molecule has 1 unspecified atom stereocenters. The summed E-state index contributed by atoms with van der Waals surface area (Å²) in [4.78, 5) is 36.2. The first-order valence-corrected chi connectivity index (χ1v) is 23.8. The average molecular weight is 836 g/mol. The van der Waals surface area contributed by atoms with E-state index in [9.17, 15) is 19.8 Å². The third-order valence-corrected chi connectivity index (χ3v) is 18.3. The van der Waals surface area contributed by atoms with Gasteiger partial charge in [0.05, 0.1) is 29.6 Å². The van der Waals surface area contributed by atoms with Gasteiger partial charge < -0.3 is 29.9 Å². The van der Waals surface area contributed by atoms with Crippen LogP contribution in [0.2, 0.25) is 0 Å². The van der Waals surface area contributed by atoms with Crippen molar-refractivity contribution in [2.45, 2.75) is 155 Å². The third kappa shape index (κ3) is 6.83. The Morgan fingerprint density at radius 3 is 2.48 bits per heavy atom. The van der Waals surface area contributed by atoms with Gasteiger partial charge in [-0.3, -0.25) is 14.6 Å². The Morgan fingerprint density at radius 1 is 1.03 bits per heavy atom. The van der Waals surface area contributed by atoms with Crippen LogP contribution in [0.5, 0.6) is 0 Å². The third-order valence-electron chi connectivity index (χ3n) is 18.3. The highest BCUT2D eigenvalue weighted by Gasteiger charge is 2.72. The molecule has 0 amide bonds. The molecule has 9 rings (SSSR count). The minimum absolute atomic E-state index is 0.0389. The molecule has 3 N–H and O–H groups in total. The summed E-state index contributed by atoms with van der Waals surface area (Å²) in [6.45, 7) is 20.6. The molecule has 9 nitrogen and oxygen atoms in total. The largest absolute Gasteiger partial charge is 0.392 e. The summed E-state index contributed by atoms with van der Waals surface area (Å²) in [6, 6.07) is 7.01. The van der Waals surface area contributed by atoms with E-state index in [1.54, 1.807) is 0 Å². The van der Waals surface area contributed by atoms with Crippen molar-refractivity contribution in [3.8, 4) is 0 Å². The number of ether oxygens (including phenoxy) is 2. The Labute approximate surface area is 364 Å². The van der Waals surface area contributed by atoms with Crippen molar-refractivity contribution in [2.24, 2.45) is 50.3 Å². The van der Waals surface area contributed by atoms with E-state index in [0.29, 0.717) is 37.5 Å². The molecule has 4 aliphatic heterocycles. The zero-order valence-electron chi connectivity index (χ0n) is 38.5. The van der Waals surface area contributed by atoms with Gasteiger partial charge in [-0.2, -0.15) is 0 Å². The topological polar surface area (TPSA) is 124 Å². The number of hydrogen-bond acceptors (Lipinski definition) is 9. The Bertz CT molecular complexity index is 2080. The predicted molar refractivity (Wildman–Crippen MR) is 239 cm³/mol. The summed E-state index contributed by atoms with van der Waals surface area (Å²) in [6.07, 6.45) is 12.3. The van der Waals surface area contributed by atoms with Gasteiger partial charge in [0.25, 0.3) is 0 Å². The van der Waals surface area contributed by atoms with Gasteiger partial charge in [-0.05, 0) is 148 Å². The van der Waals surface area contributed by atoms with Crippen LogP contribution in [0.3, 0.4) is 0 Å². The number of benzene rings is 1. The van der Waals surface area contributed by atoms with Gasteiger partial charge in [0.2, 0.25) is 0 Å². The van der Waals surface area contributed by atoms with Gasteiger partial charge in [0, 0.05) is 68.2 Å². The van der Waals surface area contributed by atoms with Crippen LogP contribution in [0.1, 0.15) is 129 Å². The lowest BCUT2D eigenvalue weighted by molar-refractivity contribution is -0.222. The monoisotopic (exact) mass is 836 g/mol. The molecule has 1 aromatic rings. The van der Waals surface area contributed by atoms with Crippen molar-refractivity contribution >= 4 is 17.3 Å². The maximum absolute atomic E-state index is 14.9. The van der Waals surface area contributed by atoms with E-state index in [1.165, 1.54) is 22.3 Å². The number of aryl methyl sites for hydroxylation is 1. The van der Waals surface area contributed by atoms with E-state index in [4.69, 9.17) is 14.5 Å². The number of epoxide rings is 1. The molecule has 332 valence electrons. The van der Waals surface area contributed by atoms with Crippen molar-refractivity contribution in [1.82, 2.24) is 10.2 Å². The van der Waals surface area contributed by atoms with E-state index in [-0.39, 0.29) is 58.0 Å². The van der Waals surface area contributed by atoms with Crippen molar-refractivity contribution in [3.05, 3.63) is 70.1 Å². The quantitative estimate of drug-likeness (QED) is 0.182. The number of carbonyl (C=O) groups excluding carboxylic acids is 2. The fourth-order valence-corrected chi connectivity index (χ4v) is 15.1. The number of fused-ring (bicyclic) bond motifs is 6. The first-order chi connectivity index (χ1) is 28.9. The van der Waals surface area contributed by atoms with Gasteiger partial charge in [0.1, 0.15) is 11.9 Å². The van der Waals surface area contributed by atoms with E-state index in [0.717, 1.165) is 81.6 Å². The lowest BCUT2D eigenvalue weighted by Crippen LogP contribution is -2.68. The number of aliphatic hydroxyl groups excluding tert-OH is 2. The van der Waals surface area contributed by atoms with Crippen LogP contribution in [0.25, 0.3) is 0 Å². The highest BCUT2D eigenvalue weighted by Crippen LogP contribution is 2.75. The molecule has 9 heteroatoms. The van der Waals surface area contributed by atoms with Crippen molar-refractivity contribution in [3.63, 3.8) is 0 Å². The minimum atomic E-state index is -0.728. The lowest BCUT2D eigenvalue weighted by atomic mass is 9.34. The maximum atomic E-state index is 14.9. The minimum Gasteiger partial charge on any atom is -0.392 e. The molecule has 12 atom stereocenters. The SMILES string of the molecule is CNCC[C@]1(C)C(=O)CC[C@@]2(C)[C@H]1CC[C@@]1(C)[C@H]2[C@H](O)[C@H](CN2C=C(Cc3cc(C)cc(C4CCOCC4)c3)C3=NC=CC32)C2=C([C@H](C)C[C@@H](O)[C@@H]3OC3(C)C)C(=O)C[C@]21C. The predicted octanol–water partition coefficient (Wildman–Crippen LogP) is 7.82. The Balaban J connectivity index is 1.11. The van der Waals surface area contributed by atoms with E-state index >= 15 is 0 Å². The Hall–Kier alpha value is -2.95. The second kappa shape index (κ2) is 15.4. The standard InChI is InChI=1S/C52H73N3O6/c1-30-22-32(25-34(23-30)33-13-20-60-21-14-33)26-35-28-55(37-12-18-54-44(35)37)29-36-43-42(31(2)24-38(56)47-48(3,4)61-47)39(57)27-52(43,8)51(7)16-10-40-49(5,17-19-53-9)41(58)11-15-50(40,6)46(51)45(36)59/h12,18,22-23,25,28,31,33,36-38,40,45-47,53,56,59H,10-11,13-17,19-21,24,26-27,29H2,1-9H3/t31-,36-,37?,38-,40+,45-,46+,47+,49+,50+,51+,52-/m1/s1. The molecule has 4 aliphatic carbocycles.